The molecule has 2 aromatic rings. The Morgan fingerprint density at radius 1 is 0.810 bits per heavy atom. The first-order chi connectivity index (χ1) is 10.4. The summed E-state index contributed by atoms with van der Waals surface area (Å²) < 4.78 is 6.01. The zero-order chi connectivity index (χ0) is 14.9. The van der Waals surface area contributed by atoms with E-state index in [9.17, 15) is 0 Å². The summed E-state index contributed by atoms with van der Waals surface area (Å²) >= 11 is 0. The first-order valence-corrected chi connectivity index (χ1v) is 7.30. The van der Waals surface area contributed by atoms with Crippen LogP contribution >= 0.6 is 0 Å². The molecular formula is C20H22O. The standard InChI is InChI=1S/C20H22O/c1-3-11-19(21-16-4-2)20(17-12-7-5-8-13-17)18-14-9-6-10-15-18/h3-10,12-15,19-20H,1-2,11,16H2/t19-/m0/s1. The SMILES string of the molecule is C=CCO[C@@H](CC=C)C(c1ccccc1)c1ccccc1. The Morgan fingerprint density at radius 2 is 1.33 bits per heavy atom. The lowest BCUT2D eigenvalue weighted by molar-refractivity contribution is 0.0645. The van der Waals surface area contributed by atoms with Crippen LogP contribution in [0.2, 0.25) is 0 Å². The van der Waals surface area contributed by atoms with Crippen LogP contribution in [0.1, 0.15) is 23.5 Å². The average molecular weight is 278 g/mol. The molecule has 1 atom stereocenters. The van der Waals surface area contributed by atoms with Gasteiger partial charge in [-0.2, -0.15) is 0 Å². The highest BCUT2D eigenvalue weighted by molar-refractivity contribution is 5.34. The number of benzene rings is 2. The Labute approximate surface area is 127 Å². The Morgan fingerprint density at radius 3 is 1.76 bits per heavy atom. The summed E-state index contributed by atoms with van der Waals surface area (Å²) in [6, 6.07) is 21.0. The number of ether oxygens (including phenoxy) is 1. The molecule has 0 amide bonds. The van der Waals surface area contributed by atoms with E-state index in [0.717, 1.165) is 6.42 Å². The van der Waals surface area contributed by atoms with Crippen molar-refractivity contribution in [2.24, 2.45) is 0 Å². The maximum Gasteiger partial charge on any atom is 0.0722 e. The van der Waals surface area contributed by atoms with E-state index in [1.807, 2.05) is 18.2 Å². The van der Waals surface area contributed by atoms with Crippen molar-refractivity contribution >= 4 is 0 Å². The summed E-state index contributed by atoms with van der Waals surface area (Å²) in [7, 11) is 0. The smallest absolute Gasteiger partial charge is 0.0722 e. The minimum atomic E-state index is 0.0605. The average Bonchev–Trinajstić information content (AvgIpc) is 2.55. The lowest BCUT2D eigenvalue weighted by atomic mass is 9.85. The second-order valence-corrected chi connectivity index (χ2v) is 4.98. The Hall–Kier alpha value is -2.12. The van der Waals surface area contributed by atoms with Gasteiger partial charge in [0, 0.05) is 5.92 Å². The summed E-state index contributed by atoms with van der Waals surface area (Å²) in [5.74, 6) is 0.199. The molecule has 0 aliphatic carbocycles. The van der Waals surface area contributed by atoms with Gasteiger partial charge in [0.15, 0.2) is 0 Å². The second kappa shape index (κ2) is 8.23. The highest BCUT2D eigenvalue weighted by Crippen LogP contribution is 2.31. The normalized spacial score (nSPS) is 12.0. The van der Waals surface area contributed by atoms with Gasteiger partial charge in [0.05, 0.1) is 12.7 Å². The molecule has 2 rings (SSSR count). The van der Waals surface area contributed by atoms with E-state index >= 15 is 0 Å². The van der Waals surface area contributed by atoms with Crippen molar-refractivity contribution in [2.45, 2.75) is 18.4 Å². The molecule has 0 fully saturated rings. The van der Waals surface area contributed by atoms with Gasteiger partial charge in [-0.15, -0.1) is 13.2 Å². The van der Waals surface area contributed by atoms with Crippen LogP contribution < -0.4 is 0 Å². The van der Waals surface area contributed by atoms with Crippen molar-refractivity contribution in [3.8, 4) is 0 Å². The molecule has 21 heavy (non-hydrogen) atoms. The predicted molar refractivity (Wildman–Crippen MR) is 89.5 cm³/mol. The van der Waals surface area contributed by atoms with Crippen LogP contribution in [0.5, 0.6) is 0 Å². The van der Waals surface area contributed by atoms with Gasteiger partial charge in [0.2, 0.25) is 0 Å². The molecule has 0 spiro atoms. The van der Waals surface area contributed by atoms with E-state index in [-0.39, 0.29) is 12.0 Å². The minimum Gasteiger partial charge on any atom is -0.373 e. The van der Waals surface area contributed by atoms with Crippen LogP contribution in [0.4, 0.5) is 0 Å². The molecule has 1 heteroatoms. The molecule has 0 aliphatic rings. The van der Waals surface area contributed by atoms with E-state index in [2.05, 4.69) is 61.7 Å². The number of rotatable bonds is 8. The summed E-state index contributed by atoms with van der Waals surface area (Å²) in [6.07, 6.45) is 4.59. The van der Waals surface area contributed by atoms with Gasteiger partial charge in [-0.05, 0) is 17.5 Å². The highest BCUT2D eigenvalue weighted by atomic mass is 16.5. The molecule has 0 bridgehead atoms. The van der Waals surface area contributed by atoms with E-state index in [1.165, 1.54) is 11.1 Å². The first-order valence-electron chi connectivity index (χ1n) is 7.30. The maximum atomic E-state index is 6.01. The molecular weight excluding hydrogens is 256 g/mol. The lowest BCUT2D eigenvalue weighted by Gasteiger charge is -2.27. The Balaban J connectivity index is 2.38. The summed E-state index contributed by atoms with van der Waals surface area (Å²) in [5, 5.41) is 0. The minimum absolute atomic E-state index is 0.0605. The van der Waals surface area contributed by atoms with Crippen LogP contribution in [0, 0.1) is 0 Å². The van der Waals surface area contributed by atoms with Crippen LogP contribution in [-0.2, 0) is 4.74 Å². The van der Waals surface area contributed by atoms with Gasteiger partial charge < -0.3 is 4.74 Å². The molecule has 0 saturated carbocycles. The third-order valence-electron chi connectivity index (χ3n) is 3.52. The lowest BCUT2D eigenvalue weighted by Crippen LogP contribution is -2.23. The van der Waals surface area contributed by atoms with Crippen molar-refractivity contribution in [2.75, 3.05) is 6.61 Å². The van der Waals surface area contributed by atoms with E-state index in [0.29, 0.717) is 6.61 Å². The molecule has 0 aromatic heterocycles. The highest BCUT2D eigenvalue weighted by Gasteiger charge is 2.24. The fourth-order valence-electron chi connectivity index (χ4n) is 2.60. The molecule has 0 saturated heterocycles. The van der Waals surface area contributed by atoms with Gasteiger partial charge in [0.25, 0.3) is 0 Å². The molecule has 0 aliphatic heterocycles. The van der Waals surface area contributed by atoms with Crippen molar-refractivity contribution in [1.82, 2.24) is 0 Å². The van der Waals surface area contributed by atoms with Gasteiger partial charge in [0.1, 0.15) is 0 Å². The summed E-state index contributed by atoms with van der Waals surface area (Å²) in [5.41, 5.74) is 2.53. The monoisotopic (exact) mass is 278 g/mol. The topological polar surface area (TPSA) is 9.23 Å². The third kappa shape index (κ3) is 4.17. The molecule has 0 heterocycles. The molecule has 2 aromatic carbocycles. The zero-order valence-corrected chi connectivity index (χ0v) is 12.3. The van der Waals surface area contributed by atoms with Crippen LogP contribution in [0.25, 0.3) is 0 Å². The quantitative estimate of drug-likeness (QED) is 0.620. The van der Waals surface area contributed by atoms with Gasteiger partial charge in [-0.3, -0.25) is 0 Å². The van der Waals surface area contributed by atoms with Gasteiger partial charge in [-0.1, -0.05) is 72.8 Å². The van der Waals surface area contributed by atoms with Crippen LogP contribution in [-0.4, -0.2) is 12.7 Å². The zero-order valence-electron chi connectivity index (χ0n) is 12.3. The van der Waals surface area contributed by atoms with Crippen LogP contribution in [0.15, 0.2) is 86.0 Å². The first kappa shape index (κ1) is 15.3. The third-order valence-corrected chi connectivity index (χ3v) is 3.52. The molecule has 0 N–H and O–H groups in total. The van der Waals surface area contributed by atoms with Gasteiger partial charge >= 0.3 is 0 Å². The summed E-state index contributed by atoms with van der Waals surface area (Å²) in [4.78, 5) is 0. The van der Waals surface area contributed by atoms with E-state index < -0.39 is 0 Å². The fourth-order valence-corrected chi connectivity index (χ4v) is 2.60. The van der Waals surface area contributed by atoms with Crippen LogP contribution in [0.3, 0.4) is 0 Å². The largest absolute Gasteiger partial charge is 0.373 e. The predicted octanol–water partition coefficient (Wildman–Crippen LogP) is 4.97. The van der Waals surface area contributed by atoms with Crippen molar-refractivity contribution < 1.29 is 4.74 Å². The fraction of sp³-hybridized carbons (Fsp3) is 0.200. The number of hydrogen-bond donors (Lipinski definition) is 0. The van der Waals surface area contributed by atoms with Crippen molar-refractivity contribution in [3.63, 3.8) is 0 Å². The van der Waals surface area contributed by atoms with E-state index in [4.69, 9.17) is 4.74 Å². The maximum absolute atomic E-state index is 6.01. The van der Waals surface area contributed by atoms with Gasteiger partial charge in [-0.25, -0.2) is 0 Å². The molecule has 0 radical (unpaired) electrons. The number of hydrogen-bond acceptors (Lipinski definition) is 1. The molecule has 108 valence electrons. The second-order valence-electron chi connectivity index (χ2n) is 4.98. The Bertz CT molecular complexity index is 505. The Kier molecular flexibility index (Phi) is 5.99. The molecule has 1 nitrogen and oxygen atoms in total. The summed E-state index contributed by atoms with van der Waals surface area (Å²) in [6.45, 7) is 8.17. The van der Waals surface area contributed by atoms with Crippen molar-refractivity contribution in [1.29, 1.82) is 0 Å². The van der Waals surface area contributed by atoms with E-state index in [1.54, 1.807) is 6.08 Å². The molecule has 0 unspecified atom stereocenters. The van der Waals surface area contributed by atoms with Crippen molar-refractivity contribution in [3.05, 3.63) is 97.1 Å².